The highest BCUT2D eigenvalue weighted by atomic mass is 16.5. The van der Waals surface area contributed by atoms with Gasteiger partial charge >= 0.3 is 5.69 Å². The summed E-state index contributed by atoms with van der Waals surface area (Å²) in [5, 5.41) is 9.03. The van der Waals surface area contributed by atoms with E-state index in [-0.39, 0.29) is 12.1 Å². The first-order valence-corrected chi connectivity index (χ1v) is 5.90. The van der Waals surface area contributed by atoms with Crippen molar-refractivity contribution in [1.82, 2.24) is 9.13 Å². The Morgan fingerprint density at radius 2 is 2.05 bits per heavy atom. The summed E-state index contributed by atoms with van der Waals surface area (Å²) >= 11 is 0. The molecule has 0 bridgehead atoms. The average molecular weight is 271 g/mol. The molecule has 6 heteroatoms. The molecule has 0 aliphatic heterocycles. The summed E-state index contributed by atoms with van der Waals surface area (Å²) in [4.78, 5) is 23.6. The molecule has 0 radical (unpaired) electrons. The van der Waals surface area contributed by atoms with Crippen LogP contribution in [0.25, 0.3) is 0 Å². The number of aryl methyl sites for hydroxylation is 1. The van der Waals surface area contributed by atoms with Gasteiger partial charge in [-0.2, -0.15) is 5.26 Å². The number of nitriles is 1. The lowest BCUT2D eigenvalue weighted by Gasteiger charge is -2.08. The van der Waals surface area contributed by atoms with Crippen LogP contribution in [0.2, 0.25) is 0 Å². The molecule has 1 heterocycles. The van der Waals surface area contributed by atoms with Crippen molar-refractivity contribution in [1.29, 1.82) is 5.26 Å². The molecule has 102 valence electrons. The van der Waals surface area contributed by atoms with Crippen LogP contribution in [-0.2, 0) is 13.6 Å². The van der Waals surface area contributed by atoms with Gasteiger partial charge in [-0.1, -0.05) is 6.07 Å². The molecule has 0 amide bonds. The lowest BCUT2D eigenvalue weighted by atomic mass is 10.1. The van der Waals surface area contributed by atoms with Crippen LogP contribution < -0.4 is 16.0 Å². The van der Waals surface area contributed by atoms with Crippen molar-refractivity contribution in [2.24, 2.45) is 7.05 Å². The SMILES string of the molecule is COc1ccc(Cn2c(=O)ccn(C)c2=O)cc1C#N. The number of aromatic nitrogens is 2. The van der Waals surface area contributed by atoms with Gasteiger partial charge in [0, 0.05) is 19.3 Å². The van der Waals surface area contributed by atoms with Gasteiger partial charge in [-0.05, 0) is 17.7 Å². The molecule has 0 saturated heterocycles. The number of rotatable bonds is 3. The Labute approximate surface area is 115 Å². The van der Waals surface area contributed by atoms with E-state index in [0.29, 0.717) is 16.9 Å². The fourth-order valence-electron chi connectivity index (χ4n) is 1.88. The first kappa shape index (κ1) is 13.6. The van der Waals surface area contributed by atoms with E-state index in [1.54, 1.807) is 25.2 Å². The fraction of sp³-hybridized carbons (Fsp3) is 0.214. The van der Waals surface area contributed by atoms with Gasteiger partial charge in [0.1, 0.15) is 11.8 Å². The molecule has 20 heavy (non-hydrogen) atoms. The average Bonchev–Trinajstić information content (AvgIpc) is 2.47. The lowest BCUT2D eigenvalue weighted by molar-refractivity contribution is 0.413. The Bertz CT molecular complexity index is 797. The molecule has 0 aliphatic rings. The van der Waals surface area contributed by atoms with E-state index in [1.165, 1.54) is 23.9 Å². The van der Waals surface area contributed by atoms with E-state index in [9.17, 15) is 9.59 Å². The maximum Gasteiger partial charge on any atom is 0.331 e. The van der Waals surface area contributed by atoms with E-state index >= 15 is 0 Å². The predicted octanol–water partition coefficient (Wildman–Crippen LogP) is 0.476. The summed E-state index contributed by atoms with van der Waals surface area (Å²) in [6, 6.07) is 8.32. The van der Waals surface area contributed by atoms with Gasteiger partial charge in [0.05, 0.1) is 19.2 Å². The topological polar surface area (TPSA) is 77.0 Å². The van der Waals surface area contributed by atoms with Crippen LogP contribution in [0.3, 0.4) is 0 Å². The normalized spacial score (nSPS) is 10.1. The molecular weight excluding hydrogens is 258 g/mol. The molecule has 0 atom stereocenters. The zero-order valence-electron chi connectivity index (χ0n) is 11.2. The smallest absolute Gasteiger partial charge is 0.331 e. The summed E-state index contributed by atoms with van der Waals surface area (Å²) in [6.07, 6.45) is 1.43. The van der Waals surface area contributed by atoms with E-state index in [0.717, 1.165) is 4.57 Å². The van der Waals surface area contributed by atoms with Gasteiger partial charge in [0.15, 0.2) is 0 Å². The van der Waals surface area contributed by atoms with Gasteiger partial charge in [-0.3, -0.25) is 9.36 Å². The molecule has 0 unspecified atom stereocenters. The van der Waals surface area contributed by atoms with Crippen LogP contribution in [0.1, 0.15) is 11.1 Å². The van der Waals surface area contributed by atoms with Gasteiger partial charge in [0.25, 0.3) is 5.56 Å². The minimum Gasteiger partial charge on any atom is -0.495 e. The molecule has 0 spiro atoms. The van der Waals surface area contributed by atoms with Crippen molar-refractivity contribution in [3.8, 4) is 11.8 Å². The first-order valence-electron chi connectivity index (χ1n) is 5.90. The third-order valence-electron chi connectivity index (χ3n) is 2.96. The van der Waals surface area contributed by atoms with Crippen LogP contribution in [0.4, 0.5) is 0 Å². The number of hydrogen-bond acceptors (Lipinski definition) is 4. The highest BCUT2D eigenvalue weighted by Crippen LogP contribution is 2.18. The van der Waals surface area contributed by atoms with Crippen LogP contribution in [0, 0.1) is 11.3 Å². The molecular formula is C14H13N3O3. The van der Waals surface area contributed by atoms with Crippen molar-refractivity contribution in [3.63, 3.8) is 0 Å². The zero-order valence-corrected chi connectivity index (χ0v) is 11.2. The number of hydrogen-bond donors (Lipinski definition) is 0. The van der Waals surface area contributed by atoms with E-state index < -0.39 is 5.69 Å². The largest absolute Gasteiger partial charge is 0.495 e. The third-order valence-corrected chi connectivity index (χ3v) is 2.96. The molecule has 0 saturated carbocycles. The number of benzene rings is 1. The van der Waals surface area contributed by atoms with Crippen LogP contribution >= 0.6 is 0 Å². The summed E-state index contributed by atoms with van der Waals surface area (Å²) in [7, 11) is 3.06. The van der Waals surface area contributed by atoms with Crippen LogP contribution in [0.15, 0.2) is 40.1 Å². The van der Waals surface area contributed by atoms with Gasteiger partial charge in [0.2, 0.25) is 0 Å². The first-order chi connectivity index (χ1) is 9.56. The number of methoxy groups -OCH3 is 1. The third kappa shape index (κ3) is 2.47. The van der Waals surface area contributed by atoms with Crippen LogP contribution in [-0.4, -0.2) is 16.2 Å². The Balaban J connectivity index is 2.47. The monoisotopic (exact) mass is 271 g/mol. The second kappa shape index (κ2) is 5.45. The Morgan fingerprint density at radius 3 is 2.70 bits per heavy atom. The van der Waals surface area contributed by atoms with Crippen molar-refractivity contribution in [2.45, 2.75) is 6.54 Å². The summed E-state index contributed by atoms with van der Waals surface area (Å²) < 4.78 is 7.49. The molecule has 6 nitrogen and oxygen atoms in total. The minimum absolute atomic E-state index is 0.116. The fourth-order valence-corrected chi connectivity index (χ4v) is 1.88. The highest BCUT2D eigenvalue weighted by Gasteiger charge is 2.07. The highest BCUT2D eigenvalue weighted by molar-refractivity contribution is 5.45. The molecule has 1 aromatic carbocycles. The number of ether oxygens (including phenoxy) is 1. The quantitative estimate of drug-likeness (QED) is 0.813. The maximum atomic E-state index is 11.9. The summed E-state index contributed by atoms with van der Waals surface area (Å²) in [5.74, 6) is 0.463. The minimum atomic E-state index is -0.396. The summed E-state index contributed by atoms with van der Waals surface area (Å²) in [6.45, 7) is 0.116. The van der Waals surface area contributed by atoms with Crippen molar-refractivity contribution in [2.75, 3.05) is 7.11 Å². The maximum absolute atomic E-state index is 11.9. The van der Waals surface area contributed by atoms with Gasteiger partial charge in [-0.15, -0.1) is 0 Å². The molecule has 2 aromatic rings. The number of nitrogens with zero attached hydrogens (tertiary/aromatic N) is 3. The lowest BCUT2D eigenvalue weighted by Crippen LogP contribution is -2.38. The Morgan fingerprint density at radius 1 is 1.30 bits per heavy atom. The Hall–Kier alpha value is -2.81. The molecule has 0 fully saturated rings. The van der Waals surface area contributed by atoms with Crippen LogP contribution in [0.5, 0.6) is 5.75 Å². The summed E-state index contributed by atoms with van der Waals surface area (Å²) in [5.41, 5.74) is 0.285. The van der Waals surface area contributed by atoms with Crippen molar-refractivity contribution >= 4 is 0 Å². The molecule has 0 aliphatic carbocycles. The standard InChI is InChI=1S/C14H13N3O3/c1-16-6-5-13(18)17(14(16)19)9-10-3-4-12(20-2)11(7-10)8-15/h3-7H,9H2,1-2H3. The molecule has 1 aromatic heterocycles. The second-order valence-electron chi connectivity index (χ2n) is 4.28. The van der Waals surface area contributed by atoms with Crippen molar-refractivity contribution in [3.05, 3.63) is 62.4 Å². The molecule has 0 N–H and O–H groups in total. The van der Waals surface area contributed by atoms with Gasteiger partial charge in [-0.25, -0.2) is 4.79 Å². The van der Waals surface area contributed by atoms with Crippen molar-refractivity contribution < 1.29 is 4.74 Å². The van der Waals surface area contributed by atoms with E-state index in [2.05, 4.69) is 0 Å². The Kier molecular flexibility index (Phi) is 3.71. The van der Waals surface area contributed by atoms with E-state index in [1.807, 2.05) is 6.07 Å². The predicted molar refractivity (Wildman–Crippen MR) is 72.8 cm³/mol. The second-order valence-corrected chi connectivity index (χ2v) is 4.28. The van der Waals surface area contributed by atoms with Gasteiger partial charge < -0.3 is 9.30 Å². The molecule has 2 rings (SSSR count). The zero-order chi connectivity index (χ0) is 14.7. The van der Waals surface area contributed by atoms with E-state index in [4.69, 9.17) is 10.00 Å².